The molecule has 0 aliphatic heterocycles. The number of hydrogen-bond acceptors (Lipinski definition) is 6. The molecule has 0 saturated carbocycles. The van der Waals surface area contributed by atoms with E-state index in [1.165, 1.54) is 47.4 Å². The highest BCUT2D eigenvalue weighted by Gasteiger charge is 2.24. The number of anilines is 2. The second kappa shape index (κ2) is 16.6. The lowest BCUT2D eigenvalue weighted by Gasteiger charge is -2.17. The van der Waals surface area contributed by atoms with Gasteiger partial charge in [0.1, 0.15) is 16.8 Å². The zero-order valence-corrected chi connectivity index (χ0v) is 29.6. The number of hydrogen-bond donors (Lipinski definition) is 3. The van der Waals surface area contributed by atoms with Crippen molar-refractivity contribution in [2.45, 2.75) is 10.1 Å². The van der Waals surface area contributed by atoms with Gasteiger partial charge in [0.05, 0.1) is 10.7 Å². The number of nitrogens with zero attached hydrogens (tertiary/aromatic N) is 1. The summed E-state index contributed by atoms with van der Waals surface area (Å²) in [6.45, 7) is 0. The molecular formula is C39H27Cl2FN4O3S2. The first-order chi connectivity index (χ1) is 24.7. The van der Waals surface area contributed by atoms with E-state index >= 15 is 0 Å². The van der Waals surface area contributed by atoms with Crippen molar-refractivity contribution in [3.05, 3.63) is 171 Å². The Hall–Kier alpha value is -5.26. The molecule has 6 aromatic rings. The van der Waals surface area contributed by atoms with Gasteiger partial charge in [-0.15, -0.1) is 23.1 Å². The van der Waals surface area contributed by atoms with Gasteiger partial charge in [0.15, 0.2) is 5.13 Å². The lowest BCUT2D eigenvalue weighted by molar-refractivity contribution is -0.116. The van der Waals surface area contributed by atoms with Crippen LogP contribution in [0.15, 0.2) is 143 Å². The molecule has 5 aromatic carbocycles. The minimum atomic E-state index is -0.710. The van der Waals surface area contributed by atoms with Crippen LogP contribution in [0.5, 0.6) is 0 Å². The minimum absolute atomic E-state index is 0.0563. The number of carbonyl (C=O) groups excluding carboxylic acids is 3. The second-order valence-corrected chi connectivity index (χ2v) is 13.8. The van der Waals surface area contributed by atoms with E-state index in [-0.39, 0.29) is 22.2 Å². The average molecular weight is 754 g/mol. The smallest absolute Gasteiger partial charge is 0.272 e. The van der Waals surface area contributed by atoms with Gasteiger partial charge in [-0.25, -0.2) is 9.37 Å². The molecule has 51 heavy (non-hydrogen) atoms. The van der Waals surface area contributed by atoms with E-state index in [9.17, 15) is 18.8 Å². The van der Waals surface area contributed by atoms with Crippen LogP contribution >= 0.6 is 46.3 Å². The summed E-state index contributed by atoms with van der Waals surface area (Å²) >= 11 is 14.9. The fourth-order valence-corrected chi connectivity index (χ4v) is 7.02. The quantitative estimate of drug-likeness (QED) is 0.0904. The third kappa shape index (κ3) is 9.30. The van der Waals surface area contributed by atoms with Crippen molar-refractivity contribution < 1.29 is 18.8 Å². The van der Waals surface area contributed by atoms with Crippen LogP contribution in [0.2, 0.25) is 10.0 Å². The van der Waals surface area contributed by atoms with Crippen LogP contribution in [-0.2, 0) is 9.59 Å². The van der Waals surface area contributed by atoms with Crippen LogP contribution < -0.4 is 16.0 Å². The van der Waals surface area contributed by atoms with Crippen molar-refractivity contribution in [1.29, 1.82) is 0 Å². The van der Waals surface area contributed by atoms with Gasteiger partial charge in [-0.1, -0.05) is 96.0 Å². The largest absolute Gasteiger partial charge is 0.321 e. The summed E-state index contributed by atoms with van der Waals surface area (Å²) < 4.78 is 14.8. The Bertz CT molecular complexity index is 2200. The summed E-state index contributed by atoms with van der Waals surface area (Å²) in [4.78, 5) is 45.7. The number of thiazole rings is 1. The standard InChI is InChI=1S/C39H27Cl2FN4O3S2/c40-27-19-17-24(18-20-27)34-23-50-39(45-34)46-38(49)35(25-9-3-1-4-10-25)51-29-14-7-13-28(21-29)43-37(48)33(22-30-31(41)15-8-16-32(30)42)44-36(47)26-11-5-2-6-12-26/h1-23,35H,(H,43,48)(H,44,47)(H,45,46,49)/b33-22+. The zero-order chi connectivity index (χ0) is 35.7. The second-order valence-electron chi connectivity index (χ2n) is 10.9. The number of benzene rings is 5. The van der Waals surface area contributed by atoms with E-state index in [1.807, 2.05) is 53.9 Å². The highest BCUT2D eigenvalue weighted by atomic mass is 35.5. The highest BCUT2D eigenvalue weighted by molar-refractivity contribution is 8.00. The van der Waals surface area contributed by atoms with Gasteiger partial charge in [-0.2, -0.15) is 0 Å². The molecule has 3 N–H and O–H groups in total. The van der Waals surface area contributed by atoms with Gasteiger partial charge in [0, 0.05) is 37.7 Å². The molecule has 7 nitrogen and oxygen atoms in total. The minimum Gasteiger partial charge on any atom is -0.321 e. The Morgan fingerprint density at radius 3 is 2.24 bits per heavy atom. The molecule has 1 unspecified atom stereocenters. The van der Waals surface area contributed by atoms with Gasteiger partial charge in [0.25, 0.3) is 11.8 Å². The molecule has 0 aliphatic rings. The number of thioether (sulfide) groups is 1. The first-order valence-corrected chi connectivity index (χ1v) is 17.9. The van der Waals surface area contributed by atoms with E-state index in [2.05, 4.69) is 20.9 Å². The number of aromatic nitrogens is 1. The average Bonchev–Trinajstić information content (AvgIpc) is 3.61. The number of rotatable bonds is 11. The Labute approximate surface area is 311 Å². The fourth-order valence-electron chi connectivity index (χ4n) is 4.87. The summed E-state index contributed by atoms with van der Waals surface area (Å²) in [6, 6.07) is 36.0. The number of amides is 3. The Kier molecular flexibility index (Phi) is 11.6. The van der Waals surface area contributed by atoms with E-state index in [4.69, 9.17) is 23.2 Å². The van der Waals surface area contributed by atoms with Crippen molar-refractivity contribution in [3.8, 4) is 11.3 Å². The molecule has 1 heterocycles. The summed E-state index contributed by atoms with van der Waals surface area (Å²) in [6.07, 6.45) is 1.19. The maximum Gasteiger partial charge on any atom is 0.272 e. The third-order valence-electron chi connectivity index (χ3n) is 7.38. The fraction of sp³-hybridized carbons (Fsp3) is 0.0256. The predicted octanol–water partition coefficient (Wildman–Crippen LogP) is 10.1. The first-order valence-electron chi connectivity index (χ1n) is 15.4. The van der Waals surface area contributed by atoms with Gasteiger partial charge in [0.2, 0.25) is 5.91 Å². The SMILES string of the molecule is O=C(Nc1cccc(SC(C(=O)Nc2nc(-c3ccc(Cl)cc3)cs2)c2ccccc2)c1)/C(=C\c1c(F)cccc1Cl)NC(=O)c1ccccc1. The topological polar surface area (TPSA) is 100 Å². The number of carbonyl (C=O) groups is 3. The van der Waals surface area contributed by atoms with Crippen LogP contribution in [-0.4, -0.2) is 22.7 Å². The van der Waals surface area contributed by atoms with Crippen molar-refractivity contribution in [3.63, 3.8) is 0 Å². The number of halogens is 3. The van der Waals surface area contributed by atoms with E-state index in [0.29, 0.717) is 32.0 Å². The highest BCUT2D eigenvalue weighted by Crippen LogP contribution is 2.38. The molecule has 0 fully saturated rings. The van der Waals surface area contributed by atoms with Crippen LogP contribution in [0.1, 0.15) is 26.7 Å². The third-order valence-corrected chi connectivity index (χ3v) is 9.97. The molecule has 0 bridgehead atoms. The maximum absolute atomic E-state index is 14.8. The van der Waals surface area contributed by atoms with E-state index in [1.54, 1.807) is 60.7 Å². The lowest BCUT2D eigenvalue weighted by Crippen LogP contribution is -2.30. The summed E-state index contributed by atoms with van der Waals surface area (Å²) in [5.74, 6) is -2.22. The van der Waals surface area contributed by atoms with Crippen LogP contribution in [0.25, 0.3) is 17.3 Å². The Balaban J connectivity index is 1.22. The van der Waals surface area contributed by atoms with Gasteiger partial charge >= 0.3 is 0 Å². The molecule has 0 radical (unpaired) electrons. The molecular weight excluding hydrogens is 726 g/mol. The molecule has 254 valence electrons. The normalized spacial score (nSPS) is 11.8. The van der Waals surface area contributed by atoms with Crippen molar-refractivity contribution in [2.24, 2.45) is 0 Å². The predicted molar refractivity (Wildman–Crippen MR) is 205 cm³/mol. The summed E-state index contributed by atoms with van der Waals surface area (Å²) in [5.41, 5.74) is 2.75. The molecule has 6 rings (SSSR count). The summed E-state index contributed by atoms with van der Waals surface area (Å²) in [5, 5.41) is 10.6. The van der Waals surface area contributed by atoms with E-state index < -0.39 is 22.9 Å². The zero-order valence-electron chi connectivity index (χ0n) is 26.5. The molecule has 12 heteroatoms. The van der Waals surface area contributed by atoms with Crippen molar-refractivity contribution >= 4 is 80.9 Å². The molecule has 0 saturated heterocycles. The summed E-state index contributed by atoms with van der Waals surface area (Å²) in [7, 11) is 0. The van der Waals surface area contributed by atoms with Crippen LogP contribution in [0.3, 0.4) is 0 Å². The van der Waals surface area contributed by atoms with Crippen molar-refractivity contribution in [1.82, 2.24) is 10.3 Å². The Morgan fingerprint density at radius 1 is 0.804 bits per heavy atom. The van der Waals surface area contributed by atoms with Crippen LogP contribution in [0, 0.1) is 5.82 Å². The van der Waals surface area contributed by atoms with Gasteiger partial charge in [-0.3, -0.25) is 14.4 Å². The molecule has 0 aliphatic carbocycles. The van der Waals surface area contributed by atoms with Gasteiger partial charge < -0.3 is 16.0 Å². The molecule has 1 atom stereocenters. The van der Waals surface area contributed by atoms with E-state index in [0.717, 1.165) is 11.1 Å². The molecule has 3 amide bonds. The number of nitrogens with one attached hydrogen (secondary N) is 3. The molecule has 1 aromatic heterocycles. The van der Waals surface area contributed by atoms with Gasteiger partial charge in [-0.05, 0) is 66.2 Å². The molecule has 0 spiro atoms. The first kappa shape index (κ1) is 35.6. The monoisotopic (exact) mass is 752 g/mol. The van der Waals surface area contributed by atoms with Crippen molar-refractivity contribution in [2.75, 3.05) is 10.6 Å². The Morgan fingerprint density at radius 2 is 1.51 bits per heavy atom. The lowest BCUT2D eigenvalue weighted by atomic mass is 10.1. The van der Waals surface area contributed by atoms with Crippen LogP contribution in [0.4, 0.5) is 15.2 Å². The maximum atomic E-state index is 14.8.